The van der Waals surface area contributed by atoms with Crippen molar-refractivity contribution in [1.29, 1.82) is 0 Å². The van der Waals surface area contributed by atoms with Crippen molar-refractivity contribution in [3.8, 4) is 5.75 Å². The summed E-state index contributed by atoms with van der Waals surface area (Å²) in [6.07, 6.45) is 1.31. The minimum atomic E-state index is -0.765. The average Bonchev–Trinajstić information content (AvgIpc) is 2.47. The van der Waals surface area contributed by atoms with Crippen LogP contribution < -0.4 is 10.2 Å². The molecule has 0 aliphatic heterocycles. The van der Waals surface area contributed by atoms with Gasteiger partial charge in [-0.25, -0.2) is 4.79 Å². The predicted octanol–water partition coefficient (Wildman–Crippen LogP) is 1.53. The first kappa shape index (κ1) is 13.8. The molecule has 104 valence electrons. The van der Waals surface area contributed by atoms with Crippen LogP contribution in [0, 0.1) is 0 Å². The smallest absolute Gasteiger partial charge is 0.363 e. The van der Waals surface area contributed by atoms with E-state index in [1.165, 1.54) is 6.20 Å². The van der Waals surface area contributed by atoms with Crippen LogP contribution in [0.3, 0.4) is 0 Å². The molecule has 1 heterocycles. The molecule has 0 saturated heterocycles. The van der Waals surface area contributed by atoms with Crippen LogP contribution >= 0.6 is 0 Å². The molecule has 1 aromatic heterocycles. The number of carbonyl (C=O) groups is 1. The van der Waals surface area contributed by atoms with Crippen molar-refractivity contribution in [3.05, 3.63) is 58.0 Å². The lowest BCUT2D eigenvalue weighted by molar-refractivity contribution is 0.0515. The third kappa shape index (κ3) is 3.23. The number of hydrogen-bond acceptors (Lipinski definition) is 5. The van der Waals surface area contributed by atoms with Crippen LogP contribution in [0.25, 0.3) is 0 Å². The molecule has 1 aromatic carbocycles. The average molecular weight is 274 g/mol. The molecule has 0 radical (unpaired) electrons. The van der Waals surface area contributed by atoms with Crippen molar-refractivity contribution >= 4 is 5.97 Å². The van der Waals surface area contributed by atoms with E-state index in [1.807, 2.05) is 30.3 Å². The Morgan fingerprint density at radius 1 is 1.30 bits per heavy atom. The van der Waals surface area contributed by atoms with Gasteiger partial charge in [0, 0.05) is 0 Å². The molecule has 1 N–H and O–H groups in total. The van der Waals surface area contributed by atoms with Gasteiger partial charge in [-0.2, -0.15) is 5.10 Å². The summed E-state index contributed by atoms with van der Waals surface area (Å²) in [7, 11) is 0. The van der Waals surface area contributed by atoms with Gasteiger partial charge in [0.15, 0.2) is 5.75 Å². The first-order chi connectivity index (χ1) is 9.72. The monoisotopic (exact) mass is 274 g/mol. The van der Waals surface area contributed by atoms with Gasteiger partial charge < -0.3 is 9.47 Å². The molecule has 6 nitrogen and oxygen atoms in total. The van der Waals surface area contributed by atoms with Crippen molar-refractivity contribution < 1.29 is 14.3 Å². The summed E-state index contributed by atoms with van der Waals surface area (Å²) in [5, 5.41) is 6.09. The fourth-order valence-electron chi connectivity index (χ4n) is 1.57. The molecule has 0 aliphatic carbocycles. The Hall–Kier alpha value is -2.63. The largest absolute Gasteiger partial charge is 0.483 e. The van der Waals surface area contributed by atoms with Gasteiger partial charge in [0.2, 0.25) is 5.69 Å². The number of rotatable bonds is 5. The molecule has 0 saturated carbocycles. The van der Waals surface area contributed by atoms with Crippen molar-refractivity contribution in [1.82, 2.24) is 10.2 Å². The third-order valence-electron chi connectivity index (χ3n) is 2.52. The zero-order valence-corrected chi connectivity index (χ0v) is 11.0. The lowest BCUT2D eigenvalue weighted by Gasteiger charge is -2.06. The Morgan fingerprint density at radius 2 is 2.05 bits per heavy atom. The molecular formula is C14H14N2O4. The highest BCUT2D eigenvalue weighted by atomic mass is 16.5. The number of carbonyl (C=O) groups excluding carboxylic acids is 1. The maximum atomic E-state index is 12.0. The zero-order chi connectivity index (χ0) is 14.4. The van der Waals surface area contributed by atoms with E-state index in [9.17, 15) is 9.59 Å². The van der Waals surface area contributed by atoms with Crippen LogP contribution in [-0.2, 0) is 11.3 Å². The molecule has 2 aromatic rings. The fourth-order valence-corrected chi connectivity index (χ4v) is 1.57. The normalized spacial score (nSPS) is 10.1. The van der Waals surface area contributed by atoms with Gasteiger partial charge in [0.25, 0.3) is 5.43 Å². The Morgan fingerprint density at radius 3 is 2.75 bits per heavy atom. The van der Waals surface area contributed by atoms with E-state index in [1.54, 1.807) is 6.92 Å². The summed E-state index contributed by atoms with van der Waals surface area (Å²) in [4.78, 5) is 23.5. The summed E-state index contributed by atoms with van der Waals surface area (Å²) >= 11 is 0. The topological polar surface area (TPSA) is 81.3 Å². The van der Waals surface area contributed by atoms with Crippen LogP contribution in [0.2, 0.25) is 0 Å². The van der Waals surface area contributed by atoms with Gasteiger partial charge in [0.1, 0.15) is 6.61 Å². The predicted molar refractivity (Wildman–Crippen MR) is 71.6 cm³/mol. The highest BCUT2D eigenvalue weighted by Crippen LogP contribution is 2.06. The summed E-state index contributed by atoms with van der Waals surface area (Å²) < 4.78 is 10.1. The summed E-state index contributed by atoms with van der Waals surface area (Å²) in [6.45, 7) is 2.06. The fraction of sp³-hybridized carbons (Fsp3) is 0.214. The zero-order valence-electron chi connectivity index (χ0n) is 11.0. The quantitative estimate of drug-likeness (QED) is 0.836. The molecule has 20 heavy (non-hydrogen) atoms. The number of nitrogens with zero attached hydrogens (tertiary/aromatic N) is 1. The Labute approximate surface area is 115 Å². The van der Waals surface area contributed by atoms with Crippen LogP contribution in [-0.4, -0.2) is 22.8 Å². The van der Waals surface area contributed by atoms with Gasteiger partial charge in [-0.1, -0.05) is 30.3 Å². The van der Waals surface area contributed by atoms with E-state index < -0.39 is 11.4 Å². The highest BCUT2D eigenvalue weighted by molar-refractivity contribution is 5.87. The van der Waals surface area contributed by atoms with Crippen LogP contribution in [0.5, 0.6) is 5.75 Å². The molecule has 0 amide bonds. The second kappa shape index (κ2) is 6.51. The lowest BCUT2D eigenvalue weighted by Crippen LogP contribution is -2.22. The summed E-state index contributed by atoms with van der Waals surface area (Å²) in [6, 6.07) is 9.39. The number of aromatic nitrogens is 2. The van der Waals surface area contributed by atoms with Gasteiger partial charge in [0.05, 0.1) is 12.8 Å². The molecule has 0 bridgehead atoms. The summed E-state index contributed by atoms with van der Waals surface area (Å²) in [5.74, 6) is -0.731. The molecular weight excluding hydrogens is 260 g/mol. The lowest BCUT2D eigenvalue weighted by atomic mass is 10.2. The van der Waals surface area contributed by atoms with Crippen LogP contribution in [0.15, 0.2) is 41.3 Å². The molecule has 0 spiro atoms. The van der Waals surface area contributed by atoms with Crippen LogP contribution in [0.1, 0.15) is 23.0 Å². The van der Waals surface area contributed by atoms with E-state index in [0.29, 0.717) is 0 Å². The SMILES string of the molecule is CCOC(=O)c1n[nH]cc(OCc2ccccc2)c1=O. The Kier molecular flexibility index (Phi) is 4.49. The molecule has 6 heteroatoms. The van der Waals surface area contributed by atoms with E-state index in [-0.39, 0.29) is 24.7 Å². The van der Waals surface area contributed by atoms with Crippen molar-refractivity contribution in [2.45, 2.75) is 13.5 Å². The number of H-pyrrole nitrogens is 1. The molecule has 0 atom stereocenters. The summed E-state index contributed by atoms with van der Waals surface area (Å²) in [5.41, 5.74) is 0.0249. The van der Waals surface area contributed by atoms with Crippen LogP contribution in [0.4, 0.5) is 0 Å². The minimum Gasteiger partial charge on any atom is -0.483 e. The van der Waals surface area contributed by atoms with E-state index in [4.69, 9.17) is 9.47 Å². The number of esters is 1. The highest BCUT2D eigenvalue weighted by Gasteiger charge is 2.17. The second-order valence-corrected chi connectivity index (χ2v) is 3.92. The van der Waals surface area contributed by atoms with Crippen molar-refractivity contribution in [2.75, 3.05) is 6.61 Å². The number of hydrogen-bond donors (Lipinski definition) is 1. The molecule has 2 rings (SSSR count). The van der Waals surface area contributed by atoms with Gasteiger partial charge in [-0.05, 0) is 12.5 Å². The molecule has 0 aliphatic rings. The Bertz CT molecular complexity index is 637. The maximum Gasteiger partial charge on any atom is 0.363 e. The van der Waals surface area contributed by atoms with E-state index in [0.717, 1.165) is 5.56 Å². The minimum absolute atomic E-state index is 0.0342. The van der Waals surface area contributed by atoms with E-state index in [2.05, 4.69) is 10.2 Å². The first-order valence-electron chi connectivity index (χ1n) is 6.14. The number of benzene rings is 1. The number of ether oxygens (including phenoxy) is 2. The van der Waals surface area contributed by atoms with Gasteiger partial charge in [-0.3, -0.25) is 9.89 Å². The second-order valence-electron chi connectivity index (χ2n) is 3.92. The third-order valence-corrected chi connectivity index (χ3v) is 2.52. The van der Waals surface area contributed by atoms with Gasteiger partial charge >= 0.3 is 5.97 Å². The Balaban J connectivity index is 2.15. The maximum absolute atomic E-state index is 12.0. The number of aromatic amines is 1. The van der Waals surface area contributed by atoms with Gasteiger partial charge in [-0.15, -0.1) is 0 Å². The van der Waals surface area contributed by atoms with Crippen molar-refractivity contribution in [2.24, 2.45) is 0 Å². The number of nitrogens with one attached hydrogen (secondary N) is 1. The van der Waals surface area contributed by atoms with E-state index >= 15 is 0 Å². The first-order valence-corrected chi connectivity index (χ1v) is 6.14. The standard InChI is InChI=1S/C14H14N2O4/c1-2-19-14(18)12-13(17)11(8-15-16-12)20-9-10-6-4-3-5-7-10/h3-8H,2,9H2,1H3,(H,15,17). The van der Waals surface area contributed by atoms with Crippen molar-refractivity contribution in [3.63, 3.8) is 0 Å². The molecule has 0 unspecified atom stereocenters. The molecule has 0 fully saturated rings.